The van der Waals surface area contributed by atoms with Crippen molar-refractivity contribution in [1.29, 1.82) is 0 Å². The standard InChI is InChI=1S/C14H23N3O/c1-3-15-12-6-4-5-7-13-11(12)10-16-14(17-13)8-9-18-2/h10,12,15H,3-9H2,1-2H3. The molecule has 4 heteroatoms. The maximum atomic E-state index is 5.08. The topological polar surface area (TPSA) is 47.0 Å². The molecule has 0 aromatic carbocycles. The number of nitrogens with one attached hydrogen (secondary N) is 1. The van der Waals surface area contributed by atoms with Gasteiger partial charge in [0.05, 0.1) is 6.61 Å². The second-order valence-electron chi connectivity index (χ2n) is 4.79. The Labute approximate surface area is 109 Å². The molecule has 0 saturated carbocycles. The molecule has 0 amide bonds. The fourth-order valence-electron chi connectivity index (χ4n) is 2.53. The van der Waals surface area contributed by atoms with Gasteiger partial charge in [0, 0.05) is 37.0 Å². The highest BCUT2D eigenvalue weighted by atomic mass is 16.5. The van der Waals surface area contributed by atoms with Gasteiger partial charge in [-0.3, -0.25) is 0 Å². The smallest absolute Gasteiger partial charge is 0.130 e. The van der Waals surface area contributed by atoms with Crippen molar-refractivity contribution in [3.63, 3.8) is 0 Å². The molecule has 0 spiro atoms. The molecule has 1 heterocycles. The summed E-state index contributed by atoms with van der Waals surface area (Å²) in [6, 6.07) is 0.434. The van der Waals surface area contributed by atoms with E-state index in [4.69, 9.17) is 9.72 Å². The second-order valence-corrected chi connectivity index (χ2v) is 4.79. The molecule has 18 heavy (non-hydrogen) atoms. The Morgan fingerprint density at radius 2 is 2.33 bits per heavy atom. The highest BCUT2D eigenvalue weighted by molar-refractivity contribution is 5.23. The quantitative estimate of drug-likeness (QED) is 0.811. The maximum absolute atomic E-state index is 5.08. The number of hydrogen-bond donors (Lipinski definition) is 1. The van der Waals surface area contributed by atoms with Crippen LogP contribution in [0.1, 0.15) is 49.3 Å². The number of hydrogen-bond acceptors (Lipinski definition) is 4. The highest BCUT2D eigenvalue weighted by Gasteiger charge is 2.19. The molecular weight excluding hydrogens is 226 g/mol. The lowest BCUT2D eigenvalue weighted by Gasteiger charge is -2.17. The number of methoxy groups -OCH3 is 1. The molecule has 0 bridgehead atoms. The first kappa shape index (κ1) is 13.4. The lowest BCUT2D eigenvalue weighted by atomic mass is 10.0. The molecule has 1 aromatic heterocycles. The van der Waals surface area contributed by atoms with Crippen LogP contribution < -0.4 is 5.32 Å². The van der Waals surface area contributed by atoms with Gasteiger partial charge in [0.2, 0.25) is 0 Å². The molecule has 100 valence electrons. The van der Waals surface area contributed by atoms with Crippen LogP contribution in [-0.4, -0.2) is 30.2 Å². The Morgan fingerprint density at radius 1 is 1.44 bits per heavy atom. The average molecular weight is 249 g/mol. The summed E-state index contributed by atoms with van der Waals surface area (Å²) in [6.07, 6.45) is 7.60. The zero-order valence-electron chi connectivity index (χ0n) is 11.4. The van der Waals surface area contributed by atoms with Crippen LogP contribution in [0.3, 0.4) is 0 Å². The molecule has 0 fully saturated rings. The van der Waals surface area contributed by atoms with Crippen molar-refractivity contribution in [1.82, 2.24) is 15.3 Å². The fourth-order valence-corrected chi connectivity index (χ4v) is 2.53. The number of aromatic nitrogens is 2. The van der Waals surface area contributed by atoms with Crippen LogP contribution in [0, 0.1) is 0 Å². The van der Waals surface area contributed by atoms with Gasteiger partial charge >= 0.3 is 0 Å². The third-order valence-electron chi connectivity index (χ3n) is 3.46. The molecule has 0 aliphatic heterocycles. The SMILES string of the molecule is CCNC1CCCCc2nc(CCOC)ncc21. The van der Waals surface area contributed by atoms with Crippen LogP contribution in [0.4, 0.5) is 0 Å². The predicted molar refractivity (Wildman–Crippen MR) is 71.6 cm³/mol. The van der Waals surface area contributed by atoms with E-state index in [1.165, 1.54) is 30.5 Å². The van der Waals surface area contributed by atoms with Gasteiger partial charge in [-0.25, -0.2) is 9.97 Å². The van der Waals surface area contributed by atoms with E-state index >= 15 is 0 Å². The van der Waals surface area contributed by atoms with E-state index in [0.29, 0.717) is 12.6 Å². The molecule has 1 aliphatic rings. The van der Waals surface area contributed by atoms with Gasteiger partial charge in [-0.1, -0.05) is 13.3 Å². The lowest BCUT2D eigenvalue weighted by Crippen LogP contribution is -2.22. The van der Waals surface area contributed by atoms with E-state index in [-0.39, 0.29) is 0 Å². The van der Waals surface area contributed by atoms with Crippen molar-refractivity contribution in [2.45, 2.75) is 45.1 Å². The van der Waals surface area contributed by atoms with Crippen molar-refractivity contribution >= 4 is 0 Å². The number of aryl methyl sites for hydroxylation is 1. The van der Waals surface area contributed by atoms with Gasteiger partial charge in [0.1, 0.15) is 5.82 Å². The Kier molecular flexibility index (Phi) is 5.08. The summed E-state index contributed by atoms with van der Waals surface area (Å²) in [5.74, 6) is 0.910. The van der Waals surface area contributed by atoms with E-state index in [1.54, 1.807) is 7.11 Å². The zero-order chi connectivity index (χ0) is 12.8. The molecule has 1 unspecified atom stereocenters. The van der Waals surface area contributed by atoms with Crippen LogP contribution in [0.2, 0.25) is 0 Å². The van der Waals surface area contributed by atoms with E-state index in [2.05, 4.69) is 17.2 Å². The first-order valence-electron chi connectivity index (χ1n) is 6.92. The van der Waals surface area contributed by atoms with E-state index in [1.807, 2.05) is 6.20 Å². The summed E-state index contributed by atoms with van der Waals surface area (Å²) in [7, 11) is 1.71. The predicted octanol–water partition coefficient (Wildman–Crippen LogP) is 2.04. The number of ether oxygens (including phenoxy) is 1. The summed E-state index contributed by atoms with van der Waals surface area (Å²) >= 11 is 0. The first-order chi connectivity index (χ1) is 8.85. The molecule has 1 N–H and O–H groups in total. The molecule has 1 aliphatic carbocycles. The molecule has 1 aromatic rings. The van der Waals surface area contributed by atoms with Crippen LogP contribution in [0.25, 0.3) is 0 Å². The van der Waals surface area contributed by atoms with Crippen molar-refractivity contribution in [3.05, 3.63) is 23.3 Å². The third-order valence-corrected chi connectivity index (χ3v) is 3.46. The number of rotatable bonds is 5. The van der Waals surface area contributed by atoms with E-state index < -0.39 is 0 Å². The summed E-state index contributed by atoms with van der Waals surface area (Å²) in [6.45, 7) is 3.84. The largest absolute Gasteiger partial charge is 0.384 e. The van der Waals surface area contributed by atoms with Crippen LogP contribution in [0.15, 0.2) is 6.20 Å². The summed E-state index contributed by atoms with van der Waals surface area (Å²) in [5.41, 5.74) is 2.54. The van der Waals surface area contributed by atoms with Gasteiger partial charge in [0.25, 0.3) is 0 Å². The minimum absolute atomic E-state index is 0.434. The summed E-state index contributed by atoms with van der Waals surface area (Å²) in [4.78, 5) is 9.18. The molecule has 2 rings (SSSR count). The third kappa shape index (κ3) is 3.27. The normalized spacial score (nSPS) is 19.3. The molecule has 0 saturated heterocycles. The number of fused-ring (bicyclic) bond motifs is 1. The molecule has 1 atom stereocenters. The van der Waals surface area contributed by atoms with E-state index in [9.17, 15) is 0 Å². The van der Waals surface area contributed by atoms with Gasteiger partial charge in [0.15, 0.2) is 0 Å². The zero-order valence-corrected chi connectivity index (χ0v) is 11.4. The Morgan fingerprint density at radius 3 is 3.11 bits per heavy atom. The average Bonchev–Trinajstić information content (AvgIpc) is 2.59. The van der Waals surface area contributed by atoms with Gasteiger partial charge in [-0.05, 0) is 25.8 Å². The Balaban J connectivity index is 2.18. The lowest BCUT2D eigenvalue weighted by molar-refractivity contribution is 0.200. The Hall–Kier alpha value is -1.00. The highest BCUT2D eigenvalue weighted by Crippen LogP contribution is 2.26. The van der Waals surface area contributed by atoms with Crippen molar-refractivity contribution in [2.75, 3.05) is 20.3 Å². The van der Waals surface area contributed by atoms with Gasteiger partial charge in [-0.2, -0.15) is 0 Å². The fraction of sp³-hybridized carbons (Fsp3) is 0.714. The van der Waals surface area contributed by atoms with Crippen molar-refractivity contribution < 1.29 is 4.74 Å². The summed E-state index contributed by atoms with van der Waals surface area (Å²) < 4.78 is 5.08. The number of nitrogens with zero attached hydrogens (tertiary/aromatic N) is 2. The van der Waals surface area contributed by atoms with E-state index in [0.717, 1.165) is 25.2 Å². The maximum Gasteiger partial charge on any atom is 0.130 e. The first-order valence-corrected chi connectivity index (χ1v) is 6.92. The molecule has 0 radical (unpaired) electrons. The monoisotopic (exact) mass is 249 g/mol. The Bertz CT molecular complexity index is 381. The summed E-state index contributed by atoms with van der Waals surface area (Å²) in [5, 5.41) is 3.54. The minimum atomic E-state index is 0.434. The van der Waals surface area contributed by atoms with Crippen LogP contribution >= 0.6 is 0 Å². The van der Waals surface area contributed by atoms with Crippen molar-refractivity contribution in [3.8, 4) is 0 Å². The van der Waals surface area contributed by atoms with Gasteiger partial charge < -0.3 is 10.1 Å². The minimum Gasteiger partial charge on any atom is -0.384 e. The van der Waals surface area contributed by atoms with Gasteiger partial charge in [-0.15, -0.1) is 0 Å². The van der Waals surface area contributed by atoms with Crippen LogP contribution in [-0.2, 0) is 17.6 Å². The van der Waals surface area contributed by atoms with Crippen LogP contribution in [0.5, 0.6) is 0 Å². The second kappa shape index (κ2) is 6.81. The van der Waals surface area contributed by atoms with Crippen molar-refractivity contribution in [2.24, 2.45) is 0 Å². The molecular formula is C14H23N3O. The molecule has 4 nitrogen and oxygen atoms in total.